The number of fused-ring (bicyclic) bond motifs is 3. The monoisotopic (exact) mass is 407 g/mol. The summed E-state index contributed by atoms with van der Waals surface area (Å²) in [6, 6.07) is 16.6. The van der Waals surface area contributed by atoms with Crippen molar-refractivity contribution in [2.24, 2.45) is 0 Å². The van der Waals surface area contributed by atoms with E-state index in [4.69, 9.17) is 4.98 Å². The molecule has 2 heterocycles. The molecule has 4 rings (SSSR count). The highest BCUT2D eigenvalue weighted by atomic mass is 79.9. The van der Waals surface area contributed by atoms with Gasteiger partial charge in [-0.15, -0.1) is 0 Å². The van der Waals surface area contributed by atoms with Crippen molar-refractivity contribution in [2.75, 3.05) is 0 Å². The van der Waals surface area contributed by atoms with Crippen LogP contribution in [0.15, 0.2) is 59.2 Å². The molecule has 5 heteroatoms. The molecule has 0 bridgehead atoms. The molecule has 0 unspecified atom stereocenters. The van der Waals surface area contributed by atoms with Crippen molar-refractivity contribution >= 4 is 42.4 Å². The van der Waals surface area contributed by atoms with Gasteiger partial charge in [0.05, 0.1) is 15.9 Å². The fraction of sp³-hybridized carbons (Fsp3) is 0. The number of aromatic nitrogens is 2. The maximum atomic E-state index is 4.72. The van der Waals surface area contributed by atoms with Gasteiger partial charge >= 0.3 is 0 Å². The smallest absolute Gasteiger partial charge is 0.195 e. The minimum Gasteiger partial charge on any atom is -1.00 e. The number of thiazole rings is 1. The molecule has 0 N–H and O–H groups in total. The number of halogens is 2. The van der Waals surface area contributed by atoms with Gasteiger partial charge in [-0.1, -0.05) is 51.5 Å². The van der Waals surface area contributed by atoms with Gasteiger partial charge in [-0.3, -0.25) is 4.40 Å². The molecule has 0 aliphatic rings. The minimum atomic E-state index is 0. The lowest BCUT2D eigenvalue weighted by Gasteiger charge is -1.96. The van der Waals surface area contributed by atoms with Crippen molar-refractivity contribution < 1.29 is 17.0 Å². The molecule has 2 aromatic carbocycles. The lowest BCUT2D eigenvalue weighted by molar-refractivity contribution is -0.00000352. The topological polar surface area (TPSA) is 17.3 Å². The maximum absolute atomic E-state index is 4.72. The van der Waals surface area contributed by atoms with E-state index in [2.05, 4.69) is 62.9 Å². The van der Waals surface area contributed by atoms with E-state index in [1.165, 1.54) is 10.2 Å². The number of para-hydroxylation sites is 1. The number of nitrogens with zero attached hydrogens (tertiary/aromatic N) is 2. The molecule has 0 aliphatic heterocycles. The quantitative estimate of drug-likeness (QED) is 0.470. The van der Waals surface area contributed by atoms with E-state index in [0.717, 1.165) is 20.7 Å². The van der Waals surface area contributed by atoms with Crippen LogP contribution in [0, 0.1) is 0 Å². The molecule has 2 aromatic heterocycles. The first kappa shape index (κ1) is 13.8. The average Bonchev–Trinajstić information content (AvgIpc) is 2.97. The van der Waals surface area contributed by atoms with Crippen molar-refractivity contribution in [3.05, 3.63) is 59.2 Å². The van der Waals surface area contributed by atoms with E-state index >= 15 is 0 Å². The van der Waals surface area contributed by atoms with Crippen LogP contribution in [0.3, 0.4) is 0 Å². The lowest BCUT2D eigenvalue weighted by Crippen LogP contribution is -3.00. The number of hydrogen-bond donors (Lipinski definition) is 0. The summed E-state index contributed by atoms with van der Waals surface area (Å²) in [6.45, 7) is 0. The Morgan fingerprint density at radius 3 is 2.55 bits per heavy atom. The Morgan fingerprint density at radius 2 is 1.75 bits per heavy atom. The zero-order valence-electron chi connectivity index (χ0n) is 10.3. The maximum Gasteiger partial charge on any atom is 0.195 e. The highest BCUT2D eigenvalue weighted by Crippen LogP contribution is 2.29. The molecule has 0 spiro atoms. The van der Waals surface area contributed by atoms with Crippen LogP contribution in [-0.4, -0.2) is 9.38 Å². The number of benzene rings is 2. The van der Waals surface area contributed by atoms with Gasteiger partial charge in [-0.05, 0) is 24.3 Å². The fourth-order valence-electron chi connectivity index (χ4n) is 2.21. The van der Waals surface area contributed by atoms with Crippen LogP contribution >= 0.6 is 27.3 Å². The van der Waals surface area contributed by atoms with Gasteiger partial charge in [0.1, 0.15) is 0 Å². The Kier molecular flexibility index (Phi) is 3.67. The van der Waals surface area contributed by atoms with Crippen molar-refractivity contribution in [3.8, 4) is 11.3 Å². The normalized spacial score (nSPS) is 10.8. The lowest BCUT2D eigenvalue weighted by atomic mass is 10.2. The molecule has 0 radical (unpaired) electrons. The summed E-state index contributed by atoms with van der Waals surface area (Å²) in [4.78, 5) is 5.76. The Labute approximate surface area is 139 Å². The summed E-state index contributed by atoms with van der Waals surface area (Å²) < 4.78 is 4.52. The summed E-state index contributed by atoms with van der Waals surface area (Å²) in [6.07, 6.45) is 2.11. The van der Waals surface area contributed by atoms with E-state index in [0.29, 0.717) is 0 Å². The van der Waals surface area contributed by atoms with Crippen molar-refractivity contribution in [2.45, 2.75) is 0 Å². The van der Waals surface area contributed by atoms with Gasteiger partial charge in [0, 0.05) is 16.2 Å². The second-order valence-electron chi connectivity index (χ2n) is 4.36. The molecule has 0 saturated carbocycles. The van der Waals surface area contributed by atoms with Gasteiger partial charge in [0.2, 0.25) is 0 Å². The largest absolute Gasteiger partial charge is 1.00 e. The molecule has 2 nitrogen and oxygen atoms in total. The molecule has 0 fully saturated rings. The standard InChI is InChI=1S/C15H9BrN2S.BrH/c16-11-7-5-10(6-8-11)12-9-18-13-3-1-2-4-14(13)19-15(18)17-12;/h1-9H;1H/p-1. The van der Waals surface area contributed by atoms with E-state index in [1.807, 2.05) is 12.1 Å². The number of hydrogen-bond acceptors (Lipinski definition) is 2. The molecule has 0 saturated heterocycles. The Bertz CT molecular complexity index is 878. The zero-order valence-corrected chi connectivity index (χ0v) is 14.2. The Hall–Kier alpha value is -1.17. The van der Waals surface area contributed by atoms with E-state index < -0.39 is 0 Å². The van der Waals surface area contributed by atoms with E-state index in [9.17, 15) is 0 Å². The summed E-state index contributed by atoms with van der Waals surface area (Å²) in [5.41, 5.74) is 3.38. The summed E-state index contributed by atoms with van der Waals surface area (Å²) in [5.74, 6) is 0. The van der Waals surface area contributed by atoms with Crippen LogP contribution in [0.4, 0.5) is 0 Å². The molecule has 100 valence electrons. The average molecular weight is 409 g/mol. The van der Waals surface area contributed by atoms with E-state index in [-0.39, 0.29) is 17.0 Å². The highest BCUT2D eigenvalue weighted by molar-refractivity contribution is 9.10. The summed E-state index contributed by atoms with van der Waals surface area (Å²) in [5, 5.41) is 0. The van der Waals surface area contributed by atoms with Crippen LogP contribution < -0.4 is 17.0 Å². The van der Waals surface area contributed by atoms with Crippen molar-refractivity contribution in [1.29, 1.82) is 0 Å². The zero-order chi connectivity index (χ0) is 12.8. The van der Waals surface area contributed by atoms with Gasteiger partial charge < -0.3 is 17.0 Å². The molecule has 4 aromatic rings. The predicted octanol–water partition coefficient (Wildman–Crippen LogP) is 1.98. The Balaban J connectivity index is 0.00000121. The van der Waals surface area contributed by atoms with Crippen LogP contribution in [0.2, 0.25) is 0 Å². The number of rotatable bonds is 1. The molecular weight excluding hydrogens is 400 g/mol. The van der Waals surface area contributed by atoms with Gasteiger partial charge in [-0.25, -0.2) is 4.98 Å². The highest BCUT2D eigenvalue weighted by Gasteiger charge is 2.09. The number of imidazole rings is 1. The van der Waals surface area contributed by atoms with Crippen LogP contribution in [-0.2, 0) is 0 Å². The summed E-state index contributed by atoms with van der Waals surface area (Å²) in [7, 11) is 0. The third-order valence-electron chi connectivity index (χ3n) is 3.14. The molecule has 20 heavy (non-hydrogen) atoms. The molecular formula is C15H9Br2N2S-. The first-order chi connectivity index (χ1) is 9.31. The molecule has 0 aliphatic carbocycles. The van der Waals surface area contributed by atoms with Crippen molar-refractivity contribution in [1.82, 2.24) is 9.38 Å². The van der Waals surface area contributed by atoms with E-state index in [1.54, 1.807) is 11.3 Å². The SMILES string of the molecule is Brc1ccc(-c2cn3c(n2)sc2ccccc23)cc1.[Br-]. The van der Waals surface area contributed by atoms with Gasteiger partial charge in [0.15, 0.2) is 4.96 Å². The minimum absolute atomic E-state index is 0. The van der Waals surface area contributed by atoms with Crippen molar-refractivity contribution in [3.63, 3.8) is 0 Å². The predicted molar refractivity (Wildman–Crippen MR) is 83.7 cm³/mol. The van der Waals surface area contributed by atoms with Crippen LogP contribution in [0.5, 0.6) is 0 Å². The fourth-order valence-corrected chi connectivity index (χ4v) is 3.48. The third kappa shape index (κ3) is 2.20. The summed E-state index contributed by atoms with van der Waals surface area (Å²) >= 11 is 5.18. The third-order valence-corrected chi connectivity index (χ3v) is 4.70. The van der Waals surface area contributed by atoms with Crippen LogP contribution in [0.25, 0.3) is 26.4 Å². The first-order valence-electron chi connectivity index (χ1n) is 5.94. The second kappa shape index (κ2) is 5.31. The van der Waals surface area contributed by atoms with Crippen LogP contribution in [0.1, 0.15) is 0 Å². The Morgan fingerprint density at radius 1 is 1.00 bits per heavy atom. The van der Waals surface area contributed by atoms with Gasteiger partial charge in [-0.2, -0.15) is 0 Å². The molecule has 0 amide bonds. The second-order valence-corrected chi connectivity index (χ2v) is 6.28. The van der Waals surface area contributed by atoms with Gasteiger partial charge in [0.25, 0.3) is 0 Å². The first-order valence-corrected chi connectivity index (χ1v) is 7.55. The molecule has 0 atom stereocenters.